The van der Waals surface area contributed by atoms with E-state index in [1.54, 1.807) is 7.11 Å². The number of ether oxygens (including phenoxy) is 1. The highest BCUT2D eigenvalue weighted by atomic mass is 16.5. The molecule has 0 radical (unpaired) electrons. The van der Waals surface area contributed by atoms with E-state index in [1.165, 1.54) is 4.90 Å². The molecule has 8 nitrogen and oxygen atoms in total. The van der Waals surface area contributed by atoms with Crippen molar-refractivity contribution in [1.82, 2.24) is 19.6 Å². The van der Waals surface area contributed by atoms with E-state index in [0.29, 0.717) is 32.8 Å². The van der Waals surface area contributed by atoms with Gasteiger partial charge in [-0.25, -0.2) is 0 Å². The number of methoxy groups -OCH3 is 1. The average molecular weight is 445 g/mol. The first kappa shape index (κ1) is 24.4. The topological polar surface area (TPSA) is 73.4 Å². The Morgan fingerprint density at radius 3 is 2.41 bits per heavy atom. The lowest BCUT2D eigenvalue weighted by Crippen LogP contribution is -2.51. The number of likely N-dealkylation sites (N-methyl/N-ethyl adjacent to an activating group) is 1. The van der Waals surface area contributed by atoms with Crippen molar-refractivity contribution in [3.05, 3.63) is 35.4 Å². The second kappa shape index (κ2) is 10.6. The maximum atomic E-state index is 13.7. The fourth-order valence-corrected chi connectivity index (χ4v) is 4.69. The van der Waals surface area contributed by atoms with Gasteiger partial charge in [0.05, 0.1) is 12.0 Å². The van der Waals surface area contributed by atoms with Crippen LogP contribution < -0.4 is 0 Å². The molecule has 8 heteroatoms. The van der Waals surface area contributed by atoms with Gasteiger partial charge in [0.2, 0.25) is 17.7 Å². The van der Waals surface area contributed by atoms with Gasteiger partial charge in [-0.15, -0.1) is 0 Å². The molecule has 2 heterocycles. The first-order valence-corrected chi connectivity index (χ1v) is 11.3. The zero-order valence-electron chi connectivity index (χ0n) is 19.8. The molecule has 0 unspecified atom stereocenters. The van der Waals surface area contributed by atoms with E-state index in [2.05, 4.69) is 4.90 Å². The summed E-state index contributed by atoms with van der Waals surface area (Å²) in [6, 6.07) is 7.63. The molecule has 3 rings (SSSR count). The average Bonchev–Trinajstić information content (AvgIpc) is 3.00. The Morgan fingerprint density at radius 2 is 1.78 bits per heavy atom. The highest BCUT2D eigenvalue weighted by molar-refractivity contribution is 6.11. The van der Waals surface area contributed by atoms with Gasteiger partial charge in [-0.3, -0.25) is 24.2 Å². The lowest BCUT2D eigenvalue weighted by Gasteiger charge is -2.37. The second-order valence-corrected chi connectivity index (χ2v) is 9.12. The van der Waals surface area contributed by atoms with Crippen LogP contribution in [0.25, 0.3) is 0 Å². The Hall–Kier alpha value is -2.29. The standard InChI is InChI=1S/C24H36N4O4/c1-19-7-5-6-8-20(19)24(18-22(30)28(23(24)31)14-9-25(2)3)17-21(29)27-12-10-26(11-13-27)15-16-32-4/h5-8H,9-18H2,1-4H3/t24-/m1/s1. The number of rotatable bonds is 9. The van der Waals surface area contributed by atoms with Crippen molar-refractivity contribution in [2.45, 2.75) is 25.2 Å². The van der Waals surface area contributed by atoms with Crippen LogP contribution in [-0.4, -0.2) is 111 Å². The molecule has 176 valence electrons. The fourth-order valence-electron chi connectivity index (χ4n) is 4.69. The summed E-state index contributed by atoms with van der Waals surface area (Å²) in [5.74, 6) is -0.502. The van der Waals surface area contributed by atoms with Crippen molar-refractivity contribution in [2.75, 3.05) is 73.6 Å². The van der Waals surface area contributed by atoms with Gasteiger partial charge in [-0.2, -0.15) is 0 Å². The van der Waals surface area contributed by atoms with E-state index in [1.807, 2.05) is 55.1 Å². The summed E-state index contributed by atoms with van der Waals surface area (Å²) in [4.78, 5) is 47.4. The zero-order chi connectivity index (χ0) is 23.3. The summed E-state index contributed by atoms with van der Waals surface area (Å²) in [6.45, 7) is 7.21. The van der Waals surface area contributed by atoms with Gasteiger partial charge < -0.3 is 14.5 Å². The van der Waals surface area contributed by atoms with Gasteiger partial charge in [0.1, 0.15) is 0 Å². The van der Waals surface area contributed by atoms with E-state index in [4.69, 9.17) is 4.74 Å². The minimum absolute atomic E-state index is 0.0267. The Balaban J connectivity index is 1.81. The molecular formula is C24H36N4O4. The van der Waals surface area contributed by atoms with Gasteiger partial charge in [0, 0.05) is 65.8 Å². The van der Waals surface area contributed by atoms with E-state index >= 15 is 0 Å². The van der Waals surface area contributed by atoms with Gasteiger partial charge >= 0.3 is 0 Å². The number of likely N-dealkylation sites (tertiary alicyclic amines) is 1. The van der Waals surface area contributed by atoms with Crippen LogP contribution in [0.3, 0.4) is 0 Å². The zero-order valence-corrected chi connectivity index (χ0v) is 19.8. The number of amides is 3. The summed E-state index contributed by atoms with van der Waals surface area (Å²) in [6.07, 6.45) is 0.0720. The summed E-state index contributed by atoms with van der Waals surface area (Å²) in [7, 11) is 5.51. The van der Waals surface area contributed by atoms with Crippen molar-refractivity contribution in [1.29, 1.82) is 0 Å². The molecule has 2 aliphatic rings. The van der Waals surface area contributed by atoms with Gasteiger partial charge in [-0.1, -0.05) is 24.3 Å². The molecule has 2 aliphatic heterocycles. The molecule has 0 bridgehead atoms. The number of carbonyl (C=O) groups is 3. The lowest BCUT2D eigenvalue weighted by molar-refractivity contribution is -0.143. The predicted octanol–water partition coefficient (Wildman–Crippen LogP) is 0.734. The Labute approximate surface area is 191 Å². The normalized spacial score (nSPS) is 22.3. The molecule has 32 heavy (non-hydrogen) atoms. The van der Waals surface area contributed by atoms with Crippen molar-refractivity contribution in [2.24, 2.45) is 0 Å². The molecular weight excluding hydrogens is 408 g/mol. The van der Waals surface area contributed by atoms with E-state index in [-0.39, 0.29) is 30.6 Å². The van der Waals surface area contributed by atoms with Crippen LogP contribution in [0, 0.1) is 6.92 Å². The Kier molecular flexibility index (Phi) is 8.03. The summed E-state index contributed by atoms with van der Waals surface area (Å²) < 4.78 is 5.15. The first-order chi connectivity index (χ1) is 15.3. The number of aryl methyl sites for hydroxylation is 1. The molecule has 0 saturated carbocycles. The quantitative estimate of drug-likeness (QED) is 0.523. The van der Waals surface area contributed by atoms with Gasteiger partial charge in [0.25, 0.3) is 0 Å². The van der Waals surface area contributed by atoms with Crippen molar-refractivity contribution < 1.29 is 19.1 Å². The Bertz CT molecular complexity index is 835. The highest BCUT2D eigenvalue weighted by Crippen LogP contribution is 2.41. The van der Waals surface area contributed by atoms with Crippen molar-refractivity contribution >= 4 is 17.7 Å². The van der Waals surface area contributed by atoms with Gasteiger partial charge in [0.15, 0.2) is 0 Å². The third-order valence-corrected chi connectivity index (χ3v) is 6.63. The van der Waals surface area contributed by atoms with Crippen LogP contribution in [0.2, 0.25) is 0 Å². The summed E-state index contributed by atoms with van der Waals surface area (Å²) >= 11 is 0. The fraction of sp³-hybridized carbons (Fsp3) is 0.625. The number of benzene rings is 1. The third kappa shape index (κ3) is 5.19. The van der Waals surface area contributed by atoms with Crippen LogP contribution in [-0.2, 0) is 24.5 Å². The molecule has 0 aromatic heterocycles. The largest absolute Gasteiger partial charge is 0.383 e. The maximum absolute atomic E-state index is 13.7. The minimum Gasteiger partial charge on any atom is -0.383 e. The summed E-state index contributed by atoms with van der Waals surface area (Å²) in [5.41, 5.74) is 0.594. The molecule has 3 amide bonds. The number of piperazine rings is 1. The highest BCUT2D eigenvalue weighted by Gasteiger charge is 2.54. The van der Waals surface area contributed by atoms with Crippen LogP contribution >= 0.6 is 0 Å². The molecule has 1 aromatic rings. The first-order valence-electron chi connectivity index (χ1n) is 11.3. The van der Waals surface area contributed by atoms with Crippen LogP contribution in [0.5, 0.6) is 0 Å². The number of hydrogen-bond acceptors (Lipinski definition) is 6. The molecule has 2 saturated heterocycles. The SMILES string of the molecule is COCCN1CCN(C(=O)C[C@]2(c3ccccc3C)CC(=O)N(CCN(C)C)C2=O)CC1. The van der Waals surface area contributed by atoms with E-state index < -0.39 is 5.41 Å². The lowest BCUT2D eigenvalue weighted by atomic mass is 9.74. The van der Waals surface area contributed by atoms with Crippen LogP contribution in [0.1, 0.15) is 24.0 Å². The molecule has 0 spiro atoms. The Morgan fingerprint density at radius 1 is 1.09 bits per heavy atom. The van der Waals surface area contributed by atoms with Gasteiger partial charge in [-0.05, 0) is 32.1 Å². The van der Waals surface area contributed by atoms with Crippen molar-refractivity contribution in [3.63, 3.8) is 0 Å². The monoisotopic (exact) mass is 444 g/mol. The number of imide groups is 1. The number of carbonyl (C=O) groups excluding carboxylic acids is 3. The summed E-state index contributed by atoms with van der Waals surface area (Å²) in [5, 5.41) is 0. The number of hydrogen-bond donors (Lipinski definition) is 0. The van der Waals surface area contributed by atoms with Crippen molar-refractivity contribution in [3.8, 4) is 0 Å². The number of nitrogens with zero attached hydrogens (tertiary/aromatic N) is 4. The molecule has 1 aromatic carbocycles. The molecule has 0 N–H and O–H groups in total. The predicted molar refractivity (Wildman–Crippen MR) is 122 cm³/mol. The van der Waals surface area contributed by atoms with E-state index in [0.717, 1.165) is 30.8 Å². The minimum atomic E-state index is -1.13. The third-order valence-electron chi connectivity index (χ3n) is 6.63. The molecule has 2 fully saturated rings. The molecule has 0 aliphatic carbocycles. The maximum Gasteiger partial charge on any atom is 0.240 e. The van der Waals surface area contributed by atoms with Crippen LogP contribution in [0.4, 0.5) is 0 Å². The smallest absolute Gasteiger partial charge is 0.240 e. The van der Waals surface area contributed by atoms with E-state index in [9.17, 15) is 14.4 Å². The second-order valence-electron chi connectivity index (χ2n) is 9.12. The van der Waals surface area contributed by atoms with Crippen LogP contribution in [0.15, 0.2) is 24.3 Å². The molecule has 1 atom stereocenters.